The Morgan fingerprint density at radius 3 is 2.68 bits per heavy atom. The van der Waals surface area contributed by atoms with Crippen molar-refractivity contribution in [3.05, 3.63) is 42.1 Å². The van der Waals surface area contributed by atoms with Crippen LogP contribution in [0, 0.1) is 11.3 Å². The van der Waals surface area contributed by atoms with Crippen LogP contribution in [0.3, 0.4) is 0 Å². The van der Waals surface area contributed by atoms with Crippen molar-refractivity contribution in [1.82, 2.24) is 9.78 Å². The summed E-state index contributed by atoms with van der Waals surface area (Å²) in [6.07, 6.45) is 1.42. The first-order valence-corrected chi connectivity index (χ1v) is 6.88. The standard InChI is InChI=1S/C12H12N4O2S/c1-15-12(6-7-14-15)19(17,18)16(2)11-5-3-4-10(8-11)9-13/h3-8H,1-2H3. The molecule has 1 heterocycles. The number of nitriles is 1. The van der Waals surface area contributed by atoms with E-state index < -0.39 is 10.0 Å². The smallest absolute Gasteiger partial charge is 0.268 e. The molecule has 1 aromatic heterocycles. The number of rotatable bonds is 3. The van der Waals surface area contributed by atoms with Crippen LogP contribution in [0.25, 0.3) is 0 Å². The molecule has 0 fully saturated rings. The van der Waals surface area contributed by atoms with Gasteiger partial charge in [-0.25, -0.2) is 0 Å². The van der Waals surface area contributed by atoms with Crippen molar-refractivity contribution >= 4 is 15.7 Å². The van der Waals surface area contributed by atoms with Crippen molar-refractivity contribution in [2.24, 2.45) is 7.05 Å². The van der Waals surface area contributed by atoms with E-state index in [1.807, 2.05) is 6.07 Å². The van der Waals surface area contributed by atoms with Crippen LogP contribution < -0.4 is 4.31 Å². The second-order valence-corrected chi connectivity index (χ2v) is 5.84. The number of aromatic nitrogens is 2. The Bertz CT molecular complexity index is 743. The van der Waals surface area contributed by atoms with Gasteiger partial charge < -0.3 is 0 Å². The molecule has 0 aliphatic heterocycles. The van der Waals surface area contributed by atoms with Gasteiger partial charge in [-0.1, -0.05) is 6.07 Å². The largest absolute Gasteiger partial charge is 0.281 e. The fraction of sp³-hybridized carbons (Fsp3) is 0.167. The normalized spacial score (nSPS) is 11.0. The summed E-state index contributed by atoms with van der Waals surface area (Å²) in [5.74, 6) is 0. The van der Waals surface area contributed by atoms with Gasteiger partial charge in [-0.05, 0) is 24.3 Å². The molecule has 0 bridgehead atoms. The molecule has 0 atom stereocenters. The second-order valence-electron chi connectivity index (χ2n) is 3.93. The third-order valence-corrected chi connectivity index (χ3v) is 4.60. The molecule has 98 valence electrons. The summed E-state index contributed by atoms with van der Waals surface area (Å²) in [6.45, 7) is 0. The van der Waals surface area contributed by atoms with Gasteiger partial charge in [0.2, 0.25) is 0 Å². The maximum absolute atomic E-state index is 12.4. The summed E-state index contributed by atoms with van der Waals surface area (Å²) in [5, 5.41) is 12.8. The number of anilines is 1. The van der Waals surface area contributed by atoms with E-state index in [-0.39, 0.29) is 5.03 Å². The molecule has 7 heteroatoms. The highest BCUT2D eigenvalue weighted by Crippen LogP contribution is 2.22. The third kappa shape index (κ3) is 2.30. The van der Waals surface area contributed by atoms with Crippen molar-refractivity contribution < 1.29 is 8.42 Å². The van der Waals surface area contributed by atoms with Gasteiger partial charge in [0, 0.05) is 14.1 Å². The van der Waals surface area contributed by atoms with Gasteiger partial charge in [-0.3, -0.25) is 8.99 Å². The van der Waals surface area contributed by atoms with Gasteiger partial charge in [0.25, 0.3) is 10.0 Å². The van der Waals surface area contributed by atoms with Crippen LogP contribution in [0.2, 0.25) is 0 Å². The summed E-state index contributed by atoms with van der Waals surface area (Å²) in [6, 6.07) is 9.83. The van der Waals surface area contributed by atoms with Gasteiger partial charge in [0.15, 0.2) is 5.03 Å². The Morgan fingerprint density at radius 2 is 2.11 bits per heavy atom. The first-order chi connectivity index (χ1) is 8.96. The van der Waals surface area contributed by atoms with E-state index in [4.69, 9.17) is 5.26 Å². The zero-order valence-electron chi connectivity index (χ0n) is 10.5. The zero-order valence-corrected chi connectivity index (χ0v) is 11.3. The van der Waals surface area contributed by atoms with Crippen molar-refractivity contribution in [3.8, 4) is 6.07 Å². The molecule has 0 radical (unpaired) electrons. The number of sulfonamides is 1. The van der Waals surface area contributed by atoms with E-state index in [9.17, 15) is 8.42 Å². The summed E-state index contributed by atoms with van der Waals surface area (Å²) in [7, 11) is -0.675. The second kappa shape index (κ2) is 4.74. The van der Waals surface area contributed by atoms with Crippen LogP contribution >= 0.6 is 0 Å². The molecule has 0 saturated carbocycles. The number of aryl methyl sites for hydroxylation is 1. The molecular formula is C12H12N4O2S. The molecule has 6 nitrogen and oxygen atoms in total. The summed E-state index contributed by atoms with van der Waals surface area (Å²) < 4.78 is 27.2. The van der Waals surface area contributed by atoms with Crippen LogP contribution in [0.4, 0.5) is 5.69 Å². The lowest BCUT2D eigenvalue weighted by Crippen LogP contribution is -2.28. The van der Waals surface area contributed by atoms with Crippen LogP contribution in [0.15, 0.2) is 41.6 Å². The highest BCUT2D eigenvalue weighted by Gasteiger charge is 2.24. The minimum absolute atomic E-state index is 0.0948. The van der Waals surface area contributed by atoms with Crippen LogP contribution in [0.1, 0.15) is 5.56 Å². The lowest BCUT2D eigenvalue weighted by Gasteiger charge is -2.19. The fourth-order valence-electron chi connectivity index (χ4n) is 1.67. The van der Waals surface area contributed by atoms with Gasteiger partial charge in [0.1, 0.15) is 0 Å². The van der Waals surface area contributed by atoms with Crippen molar-refractivity contribution in [2.75, 3.05) is 11.4 Å². The first kappa shape index (κ1) is 13.1. The van der Waals surface area contributed by atoms with E-state index in [0.717, 1.165) is 4.31 Å². The Kier molecular flexibility index (Phi) is 3.27. The predicted molar refractivity (Wildman–Crippen MR) is 70.0 cm³/mol. The van der Waals surface area contributed by atoms with E-state index in [2.05, 4.69) is 5.10 Å². The minimum Gasteiger partial charge on any atom is -0.268 e. The maximum Gasteiger partial charge on any atom is 0.281 e. The molecule has 19 heavy (non-hydrogen) atoms. The van der Waals surface area contributed by atoms with Gasteiger partial charge >= 0.3 is 0 Å². The minimum atomic E-state index is -3.68. The van der Waals surface area contributed by atoms with E-state index in [1.54, 1.807) is 25.2 Å². The fourth-order valence-corrected chi connectivity index (χ4v) is 2.95. The molecule has 2 rings (SSSR count). The van der Waals surface area contributed by atoms with E-state index >= 15 is 0 Å². The average molecular weight is 276 g/mol. The SMILES string of the molecule is CN(c1cccc(C#N)c1)S(=O)(=O)c1ccnn1C. The van der Waals surface area contributed by atoms with Gasteiger partial charge in [-0.2, -0.15) is 18.8 Å². The van der Waals surface area contributed by atoms with Crippen molar-refractivity contribution in [3.63, 3.8) is 0 Å². The molecule has 0 N–H and O–H groups in total. The first-order valence-electron chi connectivity index (χ1n) is 5.44. The molecule has 0 spiro atoms. The topological polar surface area (TPSA) is 79.0 Å². The van der Waals surface area contributed by atoms with Crippen molar-refractivity contribution in [1.29, 1.82) is 5.26 Å². The highest BCUT2D eigenvalue weighted by atomic mass is 32.2. The lowest BCUT2D eigenvalue weighted by molar-refractivity contribution is 0.575. The summed E-state index contributed by atoms with van der Waals surface area (Å²) in [5.41, 5.74) is 0.838. The average Bonchev–Trinajstić information content (AvgIpc) is 2.85. The van der Waals surface area contributed by atoms with Crippen LogP contribution in [0.5, 0.6) is 0 Å². The molecule has 2 aromatic rings. The van der Waals surface area contributed by atoms with E-state index in [1.165, 1.54) is 30.1 Å². The zero-order chi connectivity index (χ0) is 14.0. The number of hydrogen-bond donors (Lipinski definition) is 0. The van der Waals surface area contributed by atoms with E-state index in [0.29, 0.717) is 11.3 Å². The Morgan fingerprint density at radius 1 is 1.37 bits per heavy atom. The molecule has 1 aromatic carbocycles. The van der Waals surface area contributed by atoms with Gasteiger partial charge in [-0.15, -0.1) is 0 Å². The van der Waals surface area contributed by atoms with Gasteiger partial charge in [0.05, 0.1) is 23.5 Å². The molecule has 0 unspecified atom stereocenters. The Labute approximate surface area is 111 Å². The molecule has 0 amide bonds. The summed E-state index contributed by atoms with van der Waals surface area (Å²) >= 11 is 0. The Balaban J connectivity index is 2.47. The number of nitrogens with zero attached hydrogens (tertiary/aromatic N) is 4. The third-order valence-electron chi connectivity index (χ3n) is 2.74. The monoisotopic (exact) mass is 276 g/mol. The molecule has 0 saturated heterocycles. The summed E-state index contributed by atoms with van der Waals surface area (Å²) in [4.78, 5) is 0. The van der Waals surface area contributed by atoms with Crippen LogP contribution in [-0.2, 0) is 17.1 Å². The molecular weight excluding hydrogens is 264 g/mol. The Hall–Kier alpha value is -2.33. The lowest BCUT2D eigenvalue weighted by atomic mass is 10.2. The number of hydrogen-bond acceptors (Lipinski definition) is 4. The number of benzene rings is 1. The van der Waals surface area contributed by atoms with Crippen LogP contribution in [-0.4, -0.2) is 25.2 Å². The maximum atomic E-state index is 12.4. The molecule has 0 aliphatic rings. The highest BCUT2D eigenvalue weighted by molar-refractivity contribution is 7.92. The molecule has 0 aliphatic carbocycles. The predicted octanol–water partition coefficient (Wildman–Crippen LogP) is 1.12. The quantitative estimate of drug-likeness (QED) is 0.841. The van der Waals surface area contributed by atoms with Crippen molar-refractivity contribution in [2.45, 2.75) is 5.03 Å².